The molecule has 0 bridgehead atoms. The Morgan fingerprint density at radius 2 is 1.88 bits per heavy atom. The van der Waals surface area contributed by atoms with Crippen LogP contribution in [-0.4, -0.2) is 37.8 Å². The van der Waals surface area contributed by atoms with E-state index in [-0.39, 0.29) is 5.92 Å². The second kappa shape index (κ2) is 6.82. The van der Waals surface area contributed by atoms with Gasteiger partial charge in [-0.1, -0.05) is 19.9 Å². The largest absolute Gasteiger partial charge is 0.368 e. The molecular formula is C17H23N7. The third-order valence-corrected chi connectivity index (χ3v) is 3.85. The highest BCUT2D eigenvalue weighted by molar-refractivity contribution is 5.86. The Morgan fingerprint density at radius 3 is 2.58 bits per heavy atom. The van der Waals surface area contributed by atoms with Crippen LogP contribution in [0.4, 0.5) is 11.6 Å². The van der Waals surface area contributed by atoms with Crippen molar-refractivity contribution < 1.29 is 0 Å². The van der Waals surface area contributed by atoms with E-state index >= 15 is 0 Å². The molecule has 0 atom stereocenters. The Labute approximate surface area is 141 Å². The molecule has 24 heavy (non-hydrogen) atoms. The highest BCUT2D eigenvalue weighted by Crippen LogP contribution is 2.22. The van der Waals surface area contributed by atoms with Gasteiger partial charge in [-0.2, -0.15) is 5.10 Å². The van der Waals surface area contributed by atoms with Crippen LogP contribution in [0.25, 0.3) is 11.0 Å². The van der Waals surface area contributed by atoms with Crippen molar-refractivity contribution in [3.63, 3.8) is 0 Å². The molecule has 7 heteroatoms. The van der Waals surface area contributed by atoms with Gasteiger partial charge in [0.05, 0.1) is 11.6 Å². The normalized spacial score (nSPS) is 11.2. The van der Waals surface area contributed by atoms with Crippen LogP contribution in [0.2, 0.25) is 0 Å². The number of anilines is 2. The number of hydrogen-bond donors (Lipinski definition) is 2. The van der Waals surface area contributed by atoms with Crippen LogP contribution < -0.4 is 10.6 Å². The lowest BCUT2D eigenvalue weighted by Crippen LogP contribution is -2.16. The van der Waals surface area contributed by atoms with Gasteiger partial charge in [-0.05, 0) is 18.6 Å². The van der Waals surface area contributed by atoms with E-state index in [0.717, 1.165) is 47.1 Å². The Balaban J connectivity index is 1.72. The molecule has 3 aromatic rings. The van der Waals surface area contributed by atoms with Gasteiger partial charge in [0, 0.05) is 32.3 Å². The molecule has 0 fully saturated rings. The van der Waals surface area contributed by atoms with Gasteiger partial charge in [-0.25, -0.2) is 15.0 Å². The van der Waals surface area contributed by atoms with E-state index in [2.05, 4.69) is 44.5 Å². The topological polar surface area (TPSA) is 80.6 Å². The average Bonchev–Trinajstić information content (AvgIpc) is 2.94. The fraction of sp³-hybridized carbons (Fsp3) is 0.412. The van der Waals surface area contributed by atoms with E-state index in [1.165, 1.54) is 0 Å². The van der Waals surface area contributed by atoms with Crippen molar-refractivity contribution in [2.45, 2.75) is 26.7 Å². The van der Waals surface area contributed by atoms with E-state index < -0.39 is 0 Å². The summed E-state index contributed by atoms with van der Waals surface area (Å²) < 4.78 is 1.78. The van der Waals surface area contributed by atoms with E-state index in [4.69, 9.17) is 0 Å². The summed E-state index contributed by atoms with van der Waals surface area (Å²) >= 11 is 0. The van der Waals surface area contributed by atoms with Gasteiger partial charge in [0.1, 0.15) is 17.5 Å². The summed E-state index contributed by atoms with van der Waals surface area (Å²) in [6.07, 6.45) is 3.60. The number of pyridine rings is 1. The minimum Gasteiger partial charge on any atom is -0.368 e. The monoisotopic (exact) mass is 325 g/mol. The number of hydrogen-bond acceptors (Lipinski definition) is 6. The summed E-state index contributed by atoms with van der Waals surface area (Å²) in [5.74, 6) is 2.83. The maximum Gasteiger partial charge on any atom is 0.163 e. The fourth-order valence-corrected chi connectivity index (χ4v) is 2.46. The smallest absolute Gasteiger partial charge is 0.163 e. The van der Waals surface area contributed by atoms with Gasteiger partial charge in [0.25, 0.3) is 0 Å². The summed E-state index contributed by atoms with van der Waals surface area (Å²) in [6, 6.07) is 3.98. The standard InChI is InChI=1S/C17H23N7/c1-11(2)14-22-16(13-10-21-24(4)17(13)23-14)20-9-8-19-15-12(3)6-5-7-18-15/h5-7,10-11H,8-9H2,1-4H3,(H,18,19)(H,20,22,23). The molecular weight excluding hydrogens is 302 g/mol. The lowest BCUT2D eigenvalue weighted by Gasteiger charge is -2.12. The molecule has 0 aliphatic heterocycles. The van der Waals surface area contributed by atoms with Crippen LogP contribution in [0.1, 0.15) is 31.2 Å². The summed E-state index contributed by atoms with van der Waals surface area (Å²) in [4.78, 5) is 13.6. The molecule has 0 amide bonds. The second-order valence-corrected chi connectivity index (χ2v) is 6.11. The van der Waals surface area contributed by atoms with Crippen LogP contribution in [0, 0.1) is 6.92 Å². The molecule has 3 heterocycles. The van der Waals surface area contributed by atoms with Crippen molar-refractivity contribution in [1.29, 1.82) is 0 Å². The Morgan fingerprint density at radius 1 is 1.12 bits per heavy atom. The van der Waals surface area contributed by atoms with Gasteiger partial charge in [-0.15, -0.1) is 0 Å². The van der Waals surface area contributed by atoms with Gasteiger partial charge < -0.3 is 10.6 Å². The second-order valence-electron chi connectivity index (χ2n) is 6.11. The van der Waals surface area contributed by atoms with Gasteiger partial charge in [-0.3, -0.25) is 4.68 Å². The molecule has 0 radical (unpaired) electrons. The third-order valence-electron chi connectivity index (χ3n) is 3.85. The van der Waals surface area contributed by atoms with Crippen LogP contribution in [0.3, 0.4) is 0 Å². The molecule has 3 aromatic heterocycles. The number of rotatable bonds is 6. The Kier molecular flexibility index (Phi) is 4.59. The molecule has 0 aromatic carbocycles. The number of nitrogens with zero attached hydrogens (tertiary/aromatic N) is 5. The van der Waals surface area contributed by atoms with E-state index in [1.54, 1.807) is 17.1 Å². The molecule has 0 spiro atoms. The van der Waals surface area contributed by atoms with Crippen LogP contribution in [0.15, 0.2) is 24.5 Å². The summed E-state index contributed by atoms with van der Waals surface area (Å²) in [5.41, 5.74) is 1.99. The summed E-state index contributed by atoms with van der Waals surface area (Å²) in [7, 11) is 1.90. The minimum atomic E-state index is 0.263. The maximum absolute atomic E-state index is 4.66. The first-order valence-electron chi connectivity index (χ1n) is 8.15. The molecule has 0 saturated carbocycles. The zero-order chi connectivity index (χ0) is 17.1. The number of aromatic nitrogens is 5. The highest BCUT2D eigenvalue weighted by Gasteiger charge is 2.13. The van der Waals surface area contributed by atoms with Crippen molar-refractivity contribution in [1.82, 2.24) is 24.7 Å². The summed E-state index contributed by atoms with van der Waals surface area (Å²) in [6.45, 7) is 7.70. The predicted molar refractivity (Wildman–Crippen MR) is 96.3 cm³/mol. The first-order chi connectivity index (χ1) is 11.6. The lowest BCUT2D eigenvalue weighted by molar-refractivity contribution is 0.752. The van der Waals surface area contributed by atoms with Crippen LogP contribution in [-0.2, 0) is 7.05 Å². The first-order valence-corrected chi connectivity index (χ1v) is 8.15. The van der Waals surface area contributed by atoms with Crippen molar-refractivity contribution in [3.05, 3.63) is 35.9 Å². The highest BCUT2D eigenvalue weighted by atomic mass is 15.3. The Bertz CT molecular complexity index is 838. The summed E-state index contributed by atoms with van der Waals surface area (Å²) in [5, 5.41) is 12.0. The minimum absolute atomic E-state index is 0.263. The molecule has 2 N–H and O–H groups in total. The molecule has 0 aliphatic carbocycles. The predicted octanol–water partition coefficient (Wildman–Crippen LogP) is 2.71. The molecule has 0 aliphatic rings. The number of nitrogens with one attached hydrogen (secondary N) is 2. The third kappa shape index (κ3) is 3.29. The van der Waals surface area contributed by atoms with Crippen molar-refractivity contribution in [2.24, 2.45) is 7.05 Å². The lowest BCUT2D eigenvalue weighted by atomic mass is 10.2. The van der Waals surface area contributed by atoms with E-state index in [0.29, 0.717) is 0 Å². The zero-order valence-corrected chi connectivity index (χ0v) is 14.5. The van der Waals surface area contributed by atoms with Gasteiger partial charge in [0.2, 0.25) is 0 Å². The maximum atomic E-state index is 4.66. The molecule has 0 unspecified atom stereocenters. The fourth-order valence-electron chi connectivity index (χ4n) is 2.46. The number of fused-ring (bicyclic) bond motifs is 1. The molecule has 3 rings (SSSR count). The van der Waals surface area contributed by atoms with E-state index in [1.807, 2.05) is 26.1 Å². The van der Waals surface area contributed by atoms with E-state index in [9.17, 15) is 0 Å². The Hall–Kier alpha value is -2.70. The van der Waals surface area contributed by atoms with Crippen molar-refractivity contribution >= 4 is 22.7 Å². The average molecular weight is 325 g/mol. The quantitative estimate of drug-likeness (QED) is 0.678. The first kappa shape index (κ1) is 16.2. The molecule has 7 nitrogen and oxygen atoms in total. The van der Waals surface area contributed by atoms with Gasteiger partial charge >= 0.3 is 0 Å². The number of aryl methyl sites for hydroxylation is 2. The SMILES string of the molecule is Cc1cccnc1NCCNc1nc(C(C)C)nc2c1cnn2C. The van der Waals surface area contributed by atoms with Gasteiger partial charge in [0.15, 0.2) is 5.65 Å². The van der Waals surface area contributed by atoms with Crippen LogP contribution in [0.5, 0.6) is 0 Å². The van der Waals surface area contributed by atoms with Crippen molar-refractivity contribution in [2.75, 3.05) is 23.7 Å². The molecule has 126 valence electrons. The molecule has 0 saturated heterocycles. The van der Waals surface area contributed by atoms with Crippen molar-refractivity contribution in [3.8, 4) is 0 Å². The van der Waals surface area contributed by atoms with Crippen LogP contribution >= 0.6 is 0 Å². The zero-order valence-electron chi connectivity index (χ0n) is 14.5.